The summed E-state index contributed by atoms with van der Waals surface area (Å²) in [6, 6.07) is 12.6. The van der Waals surface area contributed by atoms with Gasteiger partial charge in [-0.15, -0.1) is 0 Å². The van der Waals surface area contributed by atoms with E-state index in [2.05, 4.69) is 25.7 Å². The maximum Gasteiger partial charge on any atom is 0.278 e. The summed E-state index contributed by atoms with van der Waals surface area (Å²) < 4.78 is 14.5. The van der Waals surface area contributed by atoms with Gasteiger partial charge in [0, 0.05) is 24.8 Å². The summed E-state index contributed by atoms with van der Waals surface area (Å²) in [6.07, 6.45) is 4.66. The number of nitrogens with one attached hydrogen (secondary N) is 2. The molecule has 0 aliphatic carbocycles. The minimum Gasteiger partial charge on any atom is -0.394 e. The molecule has 0 radical (unpaired) electrons. The summed E-state index contributed by atoms with van der Waals surface area (Å²) in [5.41, 5.74) is 1.69. The second-order valence-corrected chi connectivity index (χ2v) is 12.3. The minimum absolute atomic E-state index is 0.0390. The highest BCUT2D eigenvalue weighted by Crippen LogP contribution is 2.42. The van der Waals surface area contributed by atoms with Crippen molar-refractivity contribution in [1.29, 1.82) is 0 Å². The first-order valence-electron chi connectivity index (χ1n) is 15.6. The molecule has 3 aliphatic rings. The fourth-order valence-corrected chi connectivity index (χ4v) is 6.60. The molecule has 14 nitrogen and oxygen atoms in total. The number of anilines is 3. The fourth-order valence-electron chi connectivity index (χ4n) is 6.60. The van der Waals surface area contributed by atoms with E-state index in [4.69, 9.17) is 24.2 Å². The number of ether oxygens (including phenoxy) is 1. The van der Waals surface area contributed by atoms with Crippen LogP contribution in [0.2, 0.25) is 0 Å². The quantitative estimate of drug-likeness (QED) is 0.195. The molecule has 240 valence electrons. The van der Waals surface area contributed by atoms with E-state index in [1.807, 2.05) is 48.9 Å². The van der Waals surface area contributed by atoms with Crippen molar-refractivity contribution in [3.05, 3.63) is 70.4 Å². The van der Waals surface area contributed by atoms with Crippen molar-refractivity contribution < 1.29 is 14.4 Å². The molecule has 1 atom stereocenters. The van der Waals surface area contributed by atoms with Crippen molar-refractivity contribution in [2.75, 3.05) is 44.0 Å². The van der Waals surface area contributed by atoms with Crippen LogP contribution < -0.4 is 16.2 Å². The second-order valence-electron chi connectivity index (χ2n) is 12.3. The van der Waals surface area contributed by atoms with Crippen molar-refractivity contribution in [3.8, 4) is 11.5 Å². The maximum atomic E-state index is 13.0. The summed E-state index contributed by atoms with van der Waals surface area (Å²) in [5, 5.41) is 21.9. The number of piperidine rings is 3. The third-order valence-corrected chi connectivity index (χ3v) is 9.13. The third-order valence-electron chi connectivity index (χ3n) is 9.13. The lowest BCUT2D eigenvalue weighted by atomic mass is 9.71. The van der Waals surface area contributed by atoms with Gasteiger partial charge >= 0.3 is 0 Å². The van der Waals surface area contributed by atoms with Gasteiger partial charge in [0.1, 0.15) is 23.9 Å². The second kappa shape index (κ2) is 12.3. The highest BCUT2D eigenvalue weighted by molar-refractivity contribution is 5.77. The van der Waals surface area contributed by atoms with Crippen molar-refractivity contribution in [3.63, 3.8) is 0 Å². The fraction of sp³-hybridized carbons (Fsp3) is 0.438. The van der Waals surface area contributed by atoms with Crippen LogP contribution in [0.5, 0.6) is 0 Å². The average molecular weight is 627 g/mol. The van der Waals surface area contributed by atoms with Crippen molar-refractivity contribution in [2.24, 2.45) is 0 Å². The summed E-state index contributed by atoms with van der Waals surface area (Å²) in [7, 11) is 1.55. The van der Waals surface area contributed by atoms with Gasteiger partial charge in [0.05, 0.1) is 18.0 Å². The lowest BCUT2D eigenvalue weighted by Crippen LogP contribution is -2.51. The highest BCUT2D eigenvalue weighted by Gasteiger charge is 2.44. The van der Waals surface area contributed by atoms with Gasteiger partial charge in [-0.2, -0.15) is 9.97 Å². The summed E-state index contributed by atoms with van der Waals surface area (Å²) in [4.78, 5) is 34.5. The molecule has 0 saturated carbocycles. The molecule has 14 heteroatoms. The number of pyridine rings is 1. The zero-order valence-corrected chi connectivity index (χ0v) is 26.2. The van der Waals surface area contributed by atoms with Gasteiger partial charge in [-0.05, 0) is 70.4 Å². The Kier molecular flexibility index (Phi) is 8.01. The Morgan fingerprint density at radius 3 is 2.50 bits per heavy atom. The van der Waals surface area contributed by atoms with E-state index in [1.165, 1.54) is 4.68 Å². The van der Waals surface area contributed by atoms with Crippen LogP contribution >= 0.6 is 0 Å². The van der Waals surface area contributed by atoms with E-state index in [0.717, 1.165) is 50.3 Å². The van der Waals surface area contributed by atoms with E-state index < -0.39 is 6.04 Å². The largest absolute Gasteiger partial charge is 0.394 e. The smallest absolute Gasteiger partial charge is 0.278 e. The summed E-state index contributed by atoms with van der Waals surface area (Å²) >= 11 is 0. The molecule has 1 aromatic carbocycles. The van der Waals surface area contributed by atoms with Crippen LogP contribution in [-0.4, -0.2) is 77.8 Å². The zero-order chi connectivity index (χ0) is 31.8. The Morgan fingerprint density at radius 1 is 1.04 bits per heavy atom. The van der Waals surface area contributed by atoms with E-state index in [1.54, 1.807) is 25.4 Å². The number of rotatable bonds is 11. The Labute approximate surface area is 265 Å². The molecule has 46 heavy (non-hydrogen) atoms. The number of methoxy groups -OCH3 is 1. The first-order chi connectivity index (χ1) is 22.4. The van der Waals surface area contributed by atoms with Crippen LogP contribution in [0.25, 0.3) is 22.5 Å². The first kappa shape index (κ1) is 30.0. The van der Waals surface area contributed by atoms with Crippen LogP contribution in [0.4, 0.5) is 17.6 Å². The number of benzene rings is 1. The molecule has 8 rings (SSSR count). The molecule has 3 saturated heterocycles. The van der Waals surface area contributed by atoms with Crippen molar-refractivity contribution >= 4 is 28.6 Å². The van der Waals surface area contributed by atoms with Crippen LogP contribution in [0.3, 0.4) is 0 Å². The molecule has 0 unspecified atom stereocenters. The molecule has 7 heterocycles. The lowest BCUT2D eigenvalue weighted by Gasteiger charge is -2.46. The van der Waals surface area contributed by atoms with Gasteiger partial charge in [-0.1, -0.05) is 35.5 Å². The monoisotopic (exact) mass is 626 g/mol. The molecule has 0 amide bonds. The standard InChI is InChI=1S/C32H38N10O4/c1-20(2)42-27-22(29(44)41(42)19-45-3)9-10-25(35-27)36-31-33-17-23(26(37-31)34-24(18-43)21-7-5-4-6-8-21)28-38-30(39-46-28)32-11-14-40(15-12-32)16-13-32/h4-10,17,20,24,43H,11-16,18-19H2,1-3H3,(H2,33,34,35,36,37)/t24-/m1/s1. The Bertz CT molecular complexity index is 1880. The average Bonchev–Trinajstić information content (AvgIpc) is 3.69. The Morgan fingerprint density at radius 2 is 1.80 bits per heavy atom. The number of aliphatic hydroxyl groups is 1. The maximum absolute atomic E-state index is 13.0. The lowest BCUT2D eigenvalue weighted by molar-refractivity contribution is 0.0747. The van der Waals surface area contributed by atoms with Gasteiger partial charge in [-0.25, -0.2) is 14.6 Å². The molecule has 3 fully saturated rings. The third kappa shape index (κ3) is 5.42. The minimum atomic E-state index is -0.457. The molecular formula is C32H38N10O4. The zero-order valence-electron chi connectivity index (χ0n) is 26.2. The van der Waals surface area contributed by atoms with E-state index in [-0.39, 0.29) is 36.3 Å². The Hall–Kier alpha value is -4.66. The van der Waals surface area contributed by atoms with Gasteiger partial charge in [0.15, 0.2) is 11.5 Å². The van der Waals surface area contributed by atoms with E-state index in [0.29, 0.717) is 34.1 Å². The topological polar surface area (TPSA) is 161 Å². The van der Waals surface area contributed by atoms with Crippen molar-refractivity contribution in [2.45, 2.75) is 57.3 Å². The van der Waals surface area contributed by atoms with Crippen LogP contribution in [0, 0.1) is 0 Å². The van der Waals surface area contributed by atoms with Gasteiger partial charge in [0.25, 0.3) is 11.4 Å². The van der Waals surface area contributed by atoms with Gasteiger partial charge in [-0.3, -0.25) is 9.48 Å². The molecule has 5 aromatic rings. The van der Waals surface area contributed by atoms with Crippen LogP contribution in [0.15, 0.2) is 58.0 Å². The molecule has 3 aliphatic heterocycles. The number of nitrogens with zero attached hydrogens (tertiary/aromatic N) is 8. The molecule has 3 N–H and O–H groups in total. The number of fused-ring (bicyclic) bond motifs is 4. The van der Waals surface area contributed by atoms with Gasteiger partial charge in [0.2, 0.25) is 5.95 Å². The predicted octanol–water partition coefficient (Wildman–Crippen LogP) is 3.85. The van der Waals surface area contributed by atoms with Crippen LogP contribution in [-0.2, 0) is 16.9 Å². The van der Waals surface area contributed by atoms with Gasteiger partial charge < -0.3 is 29.9 Å². The van der Waals surface area contributed by atoms with Crippen LogP contribution in [0.1, 0.15) is 56.6 Å². The van der Waals surface area contributed by atoms with Crippen molar-refractivity contribution in [1.82, 2.24) is 39.4 Å². The first-order valence-corrected chi connectivity index (χ1v) is 15.6. The summed E-state index contributed by atoms with van der Waals surface area (Å²) in [5.74, 6) is 2.18. The highest BCUT2D eigenvalue weighted by atomic mass is 16.5. The SMILES string of the molecule is COCn1c(=O)c2ccc(Nc3ncc(-c4nc(C56CCN(CC5)CC6)no4)c(N[C@H](CO)c4ccccc4)n3)nc2n1C(C)C. The van der Waals surface area contributed by atoms with E-state index in [9.17, 15) is 9.90 Å². The normalized spacial score (nSPS) is 20.0. The summed E-state index contributed by atoms with van der Waals surface area (Å²) in [6.45, 7) is 7.03. The number of hydrogen-bond donors (Lipinski definition) is 3. The molecule has 0 spiro atoms. The molecule has 2 bridgehead atoms. The number of hydrogen-bond acceptors (Lipinski definition) is 12. The predicted molar refractivity (Wildman–Crippen MR) is 172 cm³/mol. The molecular weight excluding hydrogens is 588 g/mol. The number of aliphatic hydroxyl groups excluding tert-OH is 1. The van der Waals surface area contributed by atoms with E-state index >= 15 is 0 Å². The number of aromatic nitrogens is 7. The Balaban J connectivity index is 1.25. The molecule has 4 aromatic heterocycles.